The van der Waals surface area contributed by atoms with Crippen molar-refractivity contribution in [3.63, 3.8) is 0 Å². The molecule has 1 aliphatic carbocycles. The Labute approximate surface area is 159 Å². The highest BCUT2D eigenvalue weighted by atomic mass is 19.1. The van der Waals surface area contributed by atoms with Crippen LogP contribution in [0.25, 0.3) is 11.3 Å². The number of halogens is 1. The van der Waals surface area contributed by atoms with Crippen LogP contribution in [-0.4, -0.2) is 37.3 Å². The van der Waals surface area contributed by atoms with Gasteiger partial charge >= 0.3 is 0 Å². The first-order valence-electron chi connectivity index (χ1n) is 8.67. The normalized spacial score (nSPS) is 18.2. The summed E-state index contributed by atoms with van der Waals surface area (Å²) in [5.74, 6) is 0.643. The Morgan fingerprint density at radius 3 is 2.75 bits per heavy atom. The van der Waals surface area contributed by atoms with Gasteiger partial charge in [0.05, 0.1) is 35.5 Å². The first kappa shape index (κ1) is 17.8. The molecule has 1 aliphatic rings. The standard InChI is InChI=1S/C18H17FN8O/c1-9-18(19)17(14(7-22-9)28-13-3-2-11(13)21)12-4-15(27-26-12)25-16-8-23-10(5-20)6-24-16/h4,6-8,11,13H,2-3,21H2,1H3,(H2,24,25,26,27)/t11-,13-/m0/s1. The molecule has 0 aliphatic heterocycles. The number of aromatic nitrogens is 5. The molecule has 3 heterocycles. The third kappa shape index (κ3) is 3.35. The van der Waals surface area contributed by atoms with Crippen molar-refractivity contribution in [3.05, 3.63) is 41.9 Å². The maximum absolute atomic E-state index is 14.8. The van der Waals surface area contributed by atoms with Crippen molar-refractivity contribution in [2.75, 3.05) is 5.32 Å². The van der Waals surface area contributed by atoms with Crippen molar-refractivity contribution in [1.29, 1.82) is 5.26 Å². The molecule has 0 aromatic carbocycles. The smallest absolute Gasteiger partial charge is 0.158 e. The fourth-order valence-corrected chi connectivity index (χ4v) is 2.81. The van der Waals surface area contributed by atoms with Gasteiger partial charge in [-0.15, -0.1) is 0 Å². The molecule has 0 spiro atoms. The highest BCUT2D eigenvalue weighted by Crippen LogP contribution is 2.36. The minimum atomic E-state index is -0.487. The Kier molecular flexibility index (Phi) is 4.58. The summed E-state index contributed by atoms with van der Waals surface area (Å²) in [5, 5.41) is 18.7. The van der Waals surface area contributed by atoms with Gasteiger partial charge in [-0.05, 0) is 19.8 Å². The summed E-state index contributed by atoms with van der Waals surface area (Å²) in [7, 11) is 0. The van der Waals surface area contributed by atoms with Crippen LogP contribution in [0.3, 0.4) is 0 Å². The highest BCUT2D eigenvalue weighted by Gasteiger charge is 2.31. The zero-order chi connectivity index (χ0) is 19.7. The minimum Gasteiger partial charge on any atom is -0.486 e. The van der Waals surface area contributed by atoms with E-state index in [9.17, 15) is 4.39 Å². The number of aromatic amines is 1. The Balaban J connectivity index is 1.62. The van der Waals surface area contributed by atoms with Gasteiger partial charge in [-0.3, -0.25) is 10.1 Å². The van der Waals surface area contributed by atoms with E-state index in [0.717, 1.165) is 12.8 Å². The van der Waals surface area contributed by atoms with Crippen molar-refractivity contribution in [2.45, 2.75) is 31.9 Å². The highest BCUT2D eigenvalue weighted by molar-refractivity contribution is 5.71. The van der Waals surface area contributed by atoms with Crippen LogP contribution in [0.5, 0.6) is 5.75 Å². The van der Waals surface area contributed by atoms with Gasteiger partial charge in [0.2, 0.25) is 0 Å². The van der Waals surface area contributed by atoms with Gasteiger partial charge in [-0.1, -0.05) is 0 Å². The van der Waals surface area contributed by atoms with Gasteiger partial charge in [0.25, 0.3) is 0 Å². The summed E-state index contributed by atoms with van der Waals surface area (Å²) < 4.78 is 20.7. The maximum Gasteiger partial charge on any atom is 0.158 e. The largest absolute Gasteiger partial charge is 0.486 e. The van der Waals surface area contributed by atoms with Gasteiger partial charge in [0.1, 0.15) is 23.7 Å². The fourth-order valence-electron chi connectivity index (χ4n) is 2.81. The second kappa shape index (κ2) is 7.21. The zero-order valence-electron chi connectivity index (χ0n) is 15.0. The lowest BCUT2D eigenvalue weighted by atomic mass is 9.90. The van der Waals surface area contributed by atoms with Crippen molar-refractivity contribution >= 4 is 11.6 Å². The summed E-state index contributed by atoms with van der Waals surface area (Å²) in [4.78, 5) is 12.1. The van der Waals surface area contributed by atoms with Gasteiger partial charge in [0, 0.05) is 12.1 Å². The number of nitrogens with zero attached hydrogens (tertiary/aromatic N) is 5. The van der Waals surface area contributed by atoms with Crippen LogP contribution in [-0.2, 0) is 0 Å². The van der Waals surface area contributed by atoms with Gasteiger partial charge in [-0.25, -0.2) is 14.4 Å². The van der Waals surface area contributed by atoms with Gasteiger partial charge < -0.3 is 15.8 Å². The molecule has 10 heteroatoms. The average Bonchev–Trinajstić information content (AvgIpc) is 3.16. The monoisotopic (exact) mass is 380 g/mol. The molecule has 4 N–H and O–H groups in total. The molecule has 3 aromatic rings. The predicted octanol–water partition coefficient (Wildman–Crippen LogP) is 2.19. The van der Waals surface area contributed by atoms with E-state index in [0.29, 0.717) is 23.1 Å². The Bertz CT molecular complexity index is 1040. The first-order valence-corrected chi connectivity index (χ1v) is 8.67. The molecular weight excluding hydrogens is 363 g/mol. The van der Waals surface area contributed by atoms with E-state index in [2.05, 4.69) is 30.5 Å². The number of pyridine rings is 1. The summed E-state index contributed by atoms with van der Waals surface area (Å²) in [5.41, 5.74) is 7.07. The van der Waals surface area contributed by atoms with E-state index in [1.165, 1.54) is 18.6 Å². The molecule has 0 radical (unpaired) electrons. The molecule has 3 aromatic heterocycles. The predicted molar refractivity (Wildman–Crippen MR) is 98.2 cm³/mol. The van der Waals surface area contributed by atoms with Crippen molar-refractivity contribution in [2.24, 2.45) is 5.73 Å². The third-order valence-corrected chi connectivity index (χ3v) is 4.57. The van der Waals surface area contributed by atoms with E-state index < -0.39 is 5.82 Å². The number of anilines is 2. The van der Waals surface area contributed by atoms with Crippen molar-refractivity contribution < 1.29 is 9.13 Å². The summed E-state index contributed by atoms with van der Waals surface area (Å²) in [6.45, 7) is 1.58. The molecule has 0 bridgehead atoms. The number of nitrogens with one attached hydrogen (secondary N) is 2. The summed E-state index contributed by atoms with van der Waals surface area (Å²) in [6.07, 6.45) is 5.80. The quantitative estimate of drug-likeness (QED) is 0.612. The molecule has 2 atom stereocenters. The van der Waals surface area contributed by atoms with E-state index in [-0.39, 0.29) is 29.1 Å². The Hall–Kier alpha value is -3.58. The van der Waals surface area contributed by atoms with Gasteiger partial charge in [-0.2, -0.15) is 10.4 Å². The average molecular weight is 380 g/mol. The molecule has 1 saturated carbocycles. The molecule has 142 valence electrons. The van der Waals surface area contributed by atoms with Crippen LogP contribution in [0, 0.1) is 24.1 Å². The van der Waals surface area contributed by atoms with E-state index in [1.807, 2.05) is 6.07 Å². The molecule has 0 amide bonds. The van der Waals surface area contributed by atoms with Crippen LogP contribution < -0.4 is 15.8 Å². The number of nitrogens with two attached hydrogens (primary N) is 1. The van der Waals surface area contributed by atoms with Crippen LogP contribution >= 0.6 is 0 Å². The number of ether oxygens (including phenoxy) is 1. The minimum absolute atomic E-state index is 0.0637. The molecule has 28 heavy (non-hydrogen) atoms. The molecular formula is C18H17FN8O. The van der Waals surface area contributed by atoms with Crippen LogP contribution in [0.1, 0.15) is 24.2 Å². The van der Waals surface area contributed by atoms with E-state index in [4.69, 9.17) is 15.7 Å². The molecule has 0 unspecified atom stereocenters. The van der Waals surface area contributed by atoms with Gasteiger partial charge in [0.15, 0.2) is 17.3 Å². The lowest BCUT2D eigenvalue weighted by Crippen LogP contribution is -2.47. The first-order chi connectivity index (χ1) is 13.5. The van der Waals surface area contributed by atoms with Crippen molar-refractivity contribution in [3.8, 4) is 23.1 Å². The maximum atomic E-state index is 14.8. The van der Waals surface area contributed by atoms with Crippen LogP contribution in [0.15, 0.2) is 24.7 Å². The topological polar surface area (TPSA) is 138 Å². The molecule has 9 nitrogen and oxygen atoms in total. The number of aryl methyl sites for hydroxylation is 1. The molecule has 1 fully saturated rings. The SMILES string of the molecule is Cc1ncc(O[C@H]2CC[C@@H]2N)c(-c2cc(Nc3cnc(C#N)cn3)n[nH]2)c1F. The van der Waals surface area contributed by atoms with E-state index in [1.54, 1.807) is 13.0 Å². The lowest BCUT2D eigenvalue weighted by molar-refractivity contribution is 0.0930. The number of hydrogen-bond donors (Lipinski definition) is 3. The second-order valence-corrected chi connectivity index (χ2v) is 6.48. The lowest BCUT2D eigenvalue weighted by Gasteiger charge is -2.34. The fraction of sp³-hybridized carbons (Fsp3) is 0.278. The number of hydrogen-bond acceptors (Lipinski definition) is 8. The summed E-state index contributed by atoms with van der Waals surface area (Å²) >= 11 is 0. The van der Waals surface area contributed by atoms with Crippen LogP contribution in [0.4, 0.5) is 16.0 Å². The molecule has 0 saturated heterocycles. The van der Waals surface area contributed by atoms with Crippen molar-refractivity contribution in [1.82, 2.24) is 25.1 Å². The second-order valence-electron chi connectivity index (χ2n) is 6.48. The zero-order valence-corrected chi connectivity index (χ0v) is 15.0. The Morgan fingerprint density at radius 2 is 2.11 bits per heavy atom. The number of H-pyrrole nitrogens is 1. The van der Waals surface area contributed by atoms with Crippen LogP contribution in [0.2, 0.25) is 0 Å². The van der Waals surface area contributed by atoms with E-state index >= 15 is 0 Å². The Morgan fingerprint density at radius 1 is 1.25 bits per heavy atom. The third-order valence-electron chi connectivity index (χ3n) is 4.57. The number of nitriles is 1. The molecule has 4 rings (SSSR count). The summed E-state index contributed by atoms with van der Waals surface area (Å²) in [6, 6.07) is 3.46. The number of rotatable bonds is 5.